The van der Waals surface area contributed by atoms with Gasteiger partial charge in [0.15, 0.2) is 0 Å². The highest BCUT2D eigenvalue weighted by Gasteiger charge is 2.22. The third-order valence-electron chi connectivity index (χ3n) is 3.91. The van der Waals surface area contributed by atoms with Crippen LogP contribution in [0.2, 0.25) is 0 Å². The number of rotatable bonds is 4. The van der Waals surface area contributed by atoms with Gasteiger partial charge in [-0.15, -0.1) is 0 Å². The van der Waals surface area contributed by atoms with E-state index in [2.05, 4.69) is 27.7 Å². The molecule has 1 amide bonds. The first-order valence-electron chi connectivity index (χ1n) is 7.49. The average Bonchev–Trinajstić information content (AvgIpc) is 2.74. The summed E-state index contributed by atoms with van der Waals surface area (Å²) in [6.45, 7) is 13.6. The molecule has 0 unspecified atom stereocenters. The molecule has 2 heterocycles. The molecule has 2 rings (SSSR count). The highest BCUT2D eigenvalue weighted by Crippen LogP contribution is 2.08. The van der Waals surface area contributed by atoms with Gasteiger partial charge < -0.3 is 4.90 Å². The lowest BCUT2D eigenvalue weighted by Crippen LogP contribution is -2.50. The van der Waals surface area contributed by atoms with Gasteiger partial charge in [0, 0.05) is 44.3 Å². The summed E-state index contributed by atoms with van der Waals surface area (Å²) < 4.78 is 2.07. The Morgan fingerprint density at radius 2 is 1.85 bits per heavy atom. The normalized spacial score (nSPS) is 16.9. The topological polar surface area (TPSA) is 41.4 Å². The van der Waals surface area contributed by atoms with Crippen molar-refractivity contribution in [3.05, 3.63) is 17.5 Å². The number of hydrogen-bond acceptors (Lipinski definition) is 3. The van der Waals surface area contributed by atoms with Crippen LogP contribution >= 0.6 is 0 Å². The van der Waals surface area contributed by atoms with Gasteiger partial charge in [-0.2, -0.15) is 5.10 Å². The molecule has 1 aliphatic heterocycles. The Labute approximate surface area is 121 Å². The number of hydrogen-bond donors (Lipinski definition) is 0. The molecule has 1 aromatic rings. The highest BCUT2D eigenvalue weighted by atomic mass is 16.2. The minimum atomic E-state index is 0.108. The maximum absolute atomic E-state index is 11.9. The maximum Gasteiger partial charge on any atom is 0.225 e. The van der Waals surface area contributed by atoms with Crippen LogP contribution in [-0.2, 0) is 11.3 Å². The van der Waals surface area contributed by atoms with Gasteiger partial charge in [-0.05, 0) is 19.9 Å². The molecule has 0 N–H and O–H groups in total. The zero-order valence-electron chi connectivity index (χ0n) is 13.1. The molecule has 1 fully saturated rings. The van der Waals surface area contributed by atoms with Gasteiger partial charge in [-0.25, -0.2) is 0 Å². The van der Waals surface area contributed by atoms with Crippen molar-refractivity contribution in [2.24, 2.45) is 5.92 Å². The van der Waals surface area contributed by atoms with Crippen LogP contribution in [-0.4, -0.2) is 58.2 Å². The van der Waals surface area contributed by atoms with Crippen LogP contribution in [0.15, 0.2) is 6.07 Å². The molecule has 1 saturated heterocycles. The minimum Gasteiger partial charge on any atom is -0.340 e. The van der Waals surface area contributed by atoms with Crippen LogP contribution < -0.4 is 0 Å². The molecule has 1 aromatic heterocycles. The first kappa shape index (κ1) is 15.0. The number of nitrogens with zero attached hydrogens (tertiary/aromatic N) is 4. The fraction of sp³-hybridized carbons (Fsp3) is 0.733. The van der Waals surface area contributed by atoms with Crippen molar-refractivity contribution in [1.82, 2.24) is 19.6 Å². The molecule has 5 nitrogen and oxygen atoms in total. The third-order valence-corrected chi connectivity index (χ3v) is 3.91. The monoisotopic (exact) mass is 278 g/mol. The summed E-state index contributed by atoms with van der Waals surface area (Å²) in [4.78, 5) is 16.3. The number of carbonyl (C=O) groups excluding carboxylic acids is 1. The molecule has 0 aromatic carbocycles. The fourth-order valence-corrected chi connectivity index (χ4v) is 2.69. The van der Waals surface area contributed by atoms with Crippen LogP contribution in [0, 0.1) is 19.8 Å². The van der Waals surface area contributed by atoms with Gasteiger partial charge in [-0.1, -0.05) is 13.8 Å². The number of aryl methyl sites for hydroxylation is 2. The van der Waals surface area contributed by atoms with Crippen LogP contribution in [0.4, 0.5) is 0 Å². The number of aromatic nitrogens is 2. The zero-order chi connectivity index (χ0) is 14.7. The number of piperazine rings is 1. The molecule has 0 spiro atoms. The first-order chi connectivity index (χ1) is 9.47. The summed E-state index contributed by atoms with van der Waals surface area (Å²) >= 11 is 0. The number of amides is 1. The average molecular weight is 278 g/mol. The quantitative estimate of drug-likeness (QED) is 0.833. The first-order valence-corrected chi connectivity index (χ1v) is 7.49. The Morgan fingerprint density at radius 3 is 2.35 bits per heavy atom. The van der Waals surface area contributed by atoms with E-state index < -0.39 is 0 Å². The van der Waals surface area contributed by atoms with E-state index in [4.69, 9.17) is 0 Å². The van der Waals surface area contributed by atoms with Crippen molar-refractivity contribution in [2.45, 2.75) is 34.2 Å². The summed E-state index contributed by atoms with van der Waals surface area (Å²) in [5.74, 6) is 0.388. The van der Waals surface area contributed by atoms with Crippen molar-refractivity contribution in [3.63, 3.8) is 0 Å². The smallest absolute Gasteiger partial charge is 0.225 e. The maximum atomic E-state index is 11.9. The molecule has 0 saturated carbocycles. The standard InChI is InChI=1S/C15H26N4O/c1-12(2)15(20)18-8-5-17(6-9-18)7-10-19-14(4)11-13(3)16-19/h11-12H,5-10H2,1-4H3. The summed E-state index contributed by atoms with van der Waals surface area (Å²) in [5, 5.41) is 4.49. The van der Waals surface area contributed by atoms with Crippen molar-refractivity contribution in [3.8, 4) is 0 Å². The summed E-state index contributed by atoms with van der Waals surface area (Å²) in [5.41, 5.74) is 2.30. The predicted octanol–water partition coefficient (Wildman–Crippen LogP) is 1.30. The van der Waals surface area contributed by atoms with Gasteiger partial charge in [0.1, 0.15) is 0 Å². The van der Waals surface area contributed by atoms with E-state index in [1.807, 2.05) is 25.7 Å². The van der Waals surface area contributed by atoms with E-state index in [1.54, 1.807) is 0 Å². The van der Waals surface area contributed by atoms with E-state index >= 15 is 0 Å². The van der Waals surface area contributed by atoms with Gasteiger partial charge in [0.2, 0.25) is 5.91 Å². The van der Waals surface area contributed by atoms with Crippen molar-refractivity contribution in [2.75, 3.05) is 32.7 Å². The second-order valence-corrected chi connectivity index (χ2v) is 5.97. The summed E-state index contributed by atoms with van der Waals surface area (Å²) in [6.07, 6.45) is 0. The van der Waals surface area contributed by atoms with Gasteiger partial charge in [-0.3, -0.25) is 14.4 Å². The predicted molar refractivity (Wildman–Crippen MR) is 79.6 cm³/mol. The molecule has 0 atom stereocenters. The summed E-state index contributed by atoms with van der Waals surface area (Å²) in [7, 11) is 0. The minimum absolute atomic E-state index is 0.108. The molecular weight excluding hydrogens is 252 g/mol. The lowest BCUT2D eigenvalue weighted by Gasteiger charge is -2.35. The van der Waals surface area contributed by atoms with Crippen molar-refractivity contribution < 1.29 is 4.79 Å². The second-order valence-electron chi connectivity index (χ2n) is 5.97. The molecule has 112 valence electrons. The highest BCUT2D eigenvalue weighted by molar-refractivity contribution is 5.78. The van der Waals surface area contributed by atoms with E-state index in [-0.39, 0.29) is 11.8 Å². The molecule has 1 aliphatic rings. The van der Waals surface area contributed by atoms with E-state index in [9.17, 15) is 4.79 Å². The van der Waals surface area contributed by atoms with E-state index in [0.717, 1.165) is 45.0 Å². The molecule has 20 heavy (non-hydrogen) atoms. The Morgan fingerprint density at radius 1 is 1.20 bits per heavy atom. The van der Waals surface area contributed by atoms with Crippen LogP contribution in [0.5, 0.6) is 0 Å². The second kappa shape index (κ2) is 6.39. The van der Waals surface area contributed by atoms with Gasteiger partial charge in [0.25, 0.3) is 0 Å². The van der Waals surface area contributed by atoms with Crippen LogP contribution in [0.25, 0.3) is 0 Å². The fourth-order valence-electron chi connectivity index (χ4n) is 2.69. The SMILES string of the molecule is Cc1cc(C)n(CCN2CCN(C(=O)C(C)C)CC2)n1. The molecule has 0 aliphatic carbocycles. The summed E-state index contributed by atoms with van der Waals surface area (Å²) in [6, 6.07) is 2.11. The zero-order valence-corrected chi connectivity index (χ0v) is 13.1. The van der Waals surface area contributed by atoms with E-state index in [0.29, 0.717) is 0 Å². The molecule has 0 bridgehead atoms. The molecule has 5 heteroatoms. The van der Waals surface area contributed by atoms with Gasteiger partial charge in [0.05, 0.1) is 12.2 Å². The Kier molecular flexibility index (Phi) is 4.81. The van der Waals surface area contributed by atoms with Crippen molar-refractivity contribution in [1.29, 1.82) is 0 Å². The van der Waals surface area contributed by atoms with Gasteiger partial charge >= 0.3 is 0 Å². The Bertz CT molecular complexity index is 458. The largest absolute Gasteiger partial charge is 0.340 e. The third kappa shape index (κ3) is 3.60. The van der Waals surface area contributed by atoms with E-state index in [1.165, 1.54) is 5.69 Å². The lowest BCUT2D eigenvalue weighted by molar-refractivity contribution is -0.136. The van der Waals surface area contributed by atoms with Crippen molar-refractivity contribution >= 4 is 5.91 Å². The van der Waals surface area contributed by atoms with Crippen LogP contribution in [0.3, 0.4) is 0 Å². The number of carbonyl (C=O) groups is 1. The lowest BCUT2D eigenvalue weighted by atomic mass is 10.1. The van der Waals surface area contributed by atoms with Crippen LogP contribution in [0.1, 0.15) is 25.2 Å². The Balaban J connectivity index is 1.77. The molecule has 0 radical (unpaired) electrons. The molecular formula is C15H26N4O. The Hall–Kier alpha value is -1.36.